The van der Waals surface area contributed by atoms with Gasteiger partial charge in [0.15, 0.2) is 0 Å². The largest absolute Gasteiger partial charge is 0.330 e. The normalized spacial score (nSPS) is 10.7. The Morgan fingerprint density at radius 2 is 1.47 bits per heavy atom. The van der Waals surface area contributed by atoms with Crippen LogP contribution in [0.2, 0.25) is 0 Å². The van der Waals surface area contributed by atoms with Crippen LogP contribution in [0.25, 0.3) is 0 Å². The Hall–Kier alpha value is -0.810. The Bertz CT molecular complexity index is 179. The number of nitrogens with zero attached hydrogens (tertiary/aromatic N) is 1. The number of rotatable bonds is 10. The summed E-state index contributed by atoms with van der Waals surface area (Å²) in [5, 5.41) is 8.34. The number of nitrogens with two attached hydrogens (primary N) is 1. The lowest BCUT2D eigenvalue weighted by Gasteiger charge is -1.95. The molecule has 0 aromatic rings. The molecule has 0 aromatic heterocycles. The van der Waals surface area contributed by atoms with E-state index in [1.165, 1.54) is 38.5 Å². The molecule has 0 atom stereocenters. The zero-order valence-electron chi connectivity index (χ0n) is 9.75. The SMILES string of the molecule is N#CCCCCCCC=CCCCCN. The number of allylic oxidation sites excluding steroid dienone is 2. The summed E-state index contributed by atoms with van der Waals surface area (Å²) in [6, 6.07) is 2.17. The van der Waals surface area contributed by atoms with Crippen molar-refractivity contribution in [2.45, 2.75) is 57.8 Å². The molecule has 15 heavy (non-hydrogen) atoms. The highest BCUT2D eigenvalue weighted by Gasteiger charge is 1.88. The Morgan fingerprint density at radius 1 is 0.867 bits per heavy atom. The average Bonchev–Trinajstić information content (AvgIpc) is 2.26. The Balaban J connectivity index is 3.00. The molecule has 0 spiro atoms. The molecule has 0 fully saturated rings. The van der Waals surface area contributed by atoms with E-state index in [1.54, 1.807) is 0 Å². The molecular formula is C13H24N2. The summed E-state index contributed by atoms with van der Waals surface area (Å²) in [4.78, 5) is 0. The predicted molar refractivity (Wildman–Crippen MR) is 65.4 cm³/mol. The molecule has 0 saturated carbocycles. The van der Waals surface area contributed by atoms with Crippen molar-refractivity contribution in [3.05, 3.63) is 12.2 Å². The molecule has 0 radical (unpaired) electrons. The maximum atomic E-state index is 8.34. The van der Waals surface area contributed by atoms with Crippen LogP contribution in [0.15, 0.2) is 12.2 Å². The first kappa shape index (κ1) is 14.2. The van der Waals surface area contributed by atoms with E-state index in [4.69, 9.17) is 11.0 Å². The molecule has 0 aliphatic carbocycles. The summed E-state index contributed by atoms with van der Waals surface area (Å²) in [5.41, 5.74) is 5.40. The van der Waals surface area contributed by atoms with E-state index in [0.717, 1.165) is 25.8 Å². The van der Waals surface area contributed by atoms with Crippen molar-refractivity contribution >= 4 is 0 Å². The molecule has 0 amide bonds. The minimum atomic E-state index is 0.717. The van der Waals surface area contributed by atoms with Crippen LogP contribution in [0.1, 0.15) is 57.8 Å². The molecule has 2 N–H and O–H groups in total. The zero-order chi connectivity index (χ0) is 11.2. The van der Waals surface area contributed by atoms with Gasteiger partial charge in [0, 0.05) is 6.42 Å². The Labute approximate surface area is 94.2 Å². The van der Waals surface area contributed by atoms with Gasteiger partial charge in [-0.1, -0.05) is 25.0 Å². The highest BCUT2D eigenvalue weighted by atomic mass is 14.5. The number of hydrogen-bond donors (Lipinski definition) is 1. The van der Waals surface area contributed by atoms with E-state index in [0.29, 0.717) is 0 Å². The van der Waals surface area contributed by atoms with Crippen LogP contribution < -0.4 is 5.73 Å². The summed E-state index contributed by atoms with van der Waals surface area (Å²) in [6.07, 6.45) is 14.8. The van der Waals surface area contributed by atoms with Gasteiger partial charge in [-0.15, -0.1) is 0 Å². The fourth-order valence-electron chi connectivity index (χ4n) is 1.46. The molecule has 2 heteroatoms. The summed E-state index contributed by atoms with van der Waals surface area (Å²) in [5.74, 6) is 0. The second-order valence-corrected chi connectivity index (χ2v) is 3.87. The Kier molecular flexibility index (Phi) is 12.5. The lowest BCUT2D eigenvalue weighted by molar-refractivity contribution is 0.654. The molecule has 0 aliphatic rings. The molecule has 86 valence electrons. The van der Waals surface area contributed by atoms with Gasteiger partial charge in [-0.2, -0.15) is 5.26 Å². The van der Waals surface area contributed by atoms with Gasteiger partial charge in [0.25, 0.3) is 0 Å². The van der Waals surface area contributed by atoms with Crippen LogP contribution in [0, 0.1) is 11.3 Å². The van der Waals surface area contributed by atoms with E-state index in [-0.39, 0.29) is 0 Å². The molecule has 0 aromatic carbocycles. The smallest absolute Gasteiger partial charge is 0.0621 e. The minimum absolute atomic E-state index is 0.717. The van der Waals surface area contributed by atoms with Crippen molar-refractivity contribution in [1.82, 2.24) is 0 Å². The van der Waals surface area contributed by atoms with Gasteiger partial charge in [0.05, 0.1) is 6.07 Å². The third-order valence-corrected chi connectivity index (χ3v) is 2.40. The Morgan fingerprint density at radius 3 is 2.07 bits per heavy atom. The van der Waals surface area contributed by atoms with Gasteiger partial charge in [-0.25, -0.2) is 0 Å². The number of unbranched alkanes of at least 4 members (excludes halogenated alkanes) is 7. The van der Waals surface area contributed by atoms with E-state index in [2.05, 4.69) is 18.2 Å². The van der Waals surface area contributed by atoms with Crippen LogP contribution in [-0.4, -0.2) is 6.54 Å². The number of hydrogen-bond acceptors (Lipinski definition) is 2. The van der Waals surface area contributed by atoms with E-state index in [9.17, 15) is 0 Å². The van der Waals surface area contributed by atoms with Gasteiger partial charge < -0.3 is 5.73 Å². The lowest BCUT2D eigenvalue weighted by Crippen LogP contribution is -1.96. The highest BCUT2D eigenvalue weighted by Crippen LogP contribution is 2.06. The summed E-state index contributed by atoms with van der Waals surface area (Å²) in [7, 11) is 0. The fraction of sp³-hybridized carbons (Fsp3) is 0.769. The predicted octanol–water partition coefficient (Wildman–Crippen LogP) is 3.54. The topological polar surface area (TPSA) is 49.8 Å². The molecule has 0 saturated heterocycles. The monoisotopic (exact) mass is 208 g/mol. The first-order valence-corrected chi connectivity index (χ1v) is 6.14. The highest BCUT2D eigenvalue weighted by molar-refractivity contribution is 4.81. The van der Waals surface area contributed by atoms with Crippen molar-refractivity contribution in [1.29, 1.82) is 5.26 Å². The fourth-order valence-corrected chi connectivity index (χ4v) is 1.46. The van der Waals surface area contributed by atoms with Gasteiger partial charge in [-0.05, 0) is 45.1 Å². The first-order valence-electron chi connectivity index (χ1n) is 6.14. The summed E-state index contributed by atoms with van der Waals surface area (Å²) in [6.45, 7) is 0.812. The van der Waals surface area contributed by atoms with Crippen LogP contribution in [0.5, 0.6) is 0 Å². The van der Waals surface area contributed by atoms with Crippen molar-refractivity contribution in [3.63, 3.8) is 0 Å². The van der Waals surface area contributed by atoms with Gasteiger partial charge in [0.1, 0.15) is 0 Å². The third kappa shape index (κ3) is 13.2. The van der Waals surface area contributed by atoms with E-state index < -0.39 is 0 Å². The maximum Gasteiger partial charge on any atom is 0.0621 e. The van der Waals surface area contributed by atoms with Crippen molar-refractivity contribution in [2.24, 2.45) is 5.73 Å². The molecule has 0 rings (SSSR count). The van der Waals surface area contributed by atoms with Crippen molar-refractivity contribution in [3.8, 4) is 6.07 Å². The first-order chi connectivity index (χ1) is 7.41. The standard InChI is InChI=1S/C13H24N2/c14-12-10-8-6-4-2-1-3-5-7-9-11-13-15/h2,4H,1,3,5-12,14H2. The maximum absolute atomic E-state index is 8.34. The molecule has 0 bridgehead atoms. The molecule has 2 nitrogen and oxygen atoms in total. The second-order valence-electron chi connectivity index (χ2n) is 3.87. The third-order valence-electron chi connectivity index (χ3n) is 2.40. The average molecular weight is 208 g/mol. The van der Waals surface area contributed by atoms with Crippen LogP contribution in [0.3, 0.4) is 0 Å². The number of nitriles is 1. The second kappa shape index (κ2) is 13.2. The molecule has 0 heterocycles. The lowest BCUT2D eigenvalue weighted by atomic mass is 10.1. The summed E-state index contributed by atoms with van der Waals surface area (Å²) >= 11 is 0. The van der Waals surface area contributed by atoms with Crippen LogP contribution in [-0.2, 0) is 0 Å². The van der Waals surface area contributed by atoms with E-state index >= 15 is 0 Å². The zero-order valence-corrected chi connectivity index (χ0v) is 9.75. The quantitative estimate of drug-likeness (QED) is 0.441. The minimum Gasteiger partial charge on any atom is -0.330 e. The molecule has 0 unspecified atom stereocenters. The molecule has 0 aliphatic heterocycles. The van der Waals surface area contributed by atoms with Crippen LogP contribution in [0.4, 0.5) is 0 Å². The molecular weight excluding hydrogens is 184 g/mol. The van der Waals surface area contributed by atoms with Crippen molar-refractivity contribution < 1.29 is 0 Å². The van der Waals surface area contributed by atoms with Gasteiger partial charge in [0.2, 0.25) is 0 Å². The van der Waals surface area contributed by atoms with E-state index in [1.807, 2.05) is 0 Å². The van der Waals surface area contributed by atoms with Crippen molar-refractivity contribution in [2.75, 3.05) is 6.54 Å². The van der Waals surface area contributed by atoms with Crippen LogP contribution >= 0.6 is 0 Å². The van der Waals surface area contributed by atoms with Gasteiger partial charge >= 0.3 is 0 Å². The van der Waals surface area contributed by atoms with Gasteiger partial charge in [-0.3, -0.25) is 0 Å². The summed E-state index contributed by atoms with van der Waals surface area (Å²) < 4.78 is 0.